The zero-order valence-electron chi connectivity index (χ0n) is 12.7. The number of carbonyl (C=O) groups excluding carboxylic acids is 1. The van der Waals surface area contributed by atoms with Crippen LogP contribution in [0.1, 0.15) is 44.6 Å². The van der Waals surface area contributed by atoms with Crippen LogP contribution in [-0.2, 0) is 11.2 Å². The number of rotatable bonds is 6. The minimum atomic E-state index is -0.559. The first-order valence-electron chi connectivity index (χ1n) is 7.84. The Kier molecular flexibility index (Phi) is 6.00. The van der Waals surface area contributed by atoms with Crippen molar-refractivity contribution in [1.29, 1.82) is 0 Å². The van der Waals surface area contributed by atoms with Gasteiger partial charge >= 0.3 is 0 Å². The molecule has 0 aliphatic heterocycles. The molecule has 1 aliphatic rings. The lowest BCUT2D eigenvalue weighted by Crippen LogP contribution is -2.42. The van der Waals surface area contributed by atoms with Gasteiger partial charge in [-0.3, -0.25) is 4.79 Å². The Bertz CT molecular complexity index is 481. The molecule has 0 heterocycles. The molecule has 0 saturated heterocycles. The van der Waals surface area contributed by atoms with Crippen LogP contribution in [0.3, 0.4) is 0 Å². The lowest BCUT2D eigenvalue weighted by Gasteiger charge is -2.21. The Morgan fingerprint density at radius 3 is 2.71 bits per heavy atom. The van der Waals surface area contributed by atoms with E-state index in [1.165, 1.54) is 18.4 Å². The van der Waals surface area contributed by atoms with Crippen molar-refractivity contribution in [3.8, 4) is 0 Å². The van der Waals surface area contributed by atoms with Crippen LogP contribution in [0.25, 0.3) is 0 Å². The molecule has 2 N–H and O–H groups in total. The minimum absolute atomic E-state index is 0.0164. The SMILES string of the molecule is CC(NC(=O)CC1=CCCCC1)C(O)Cc1ccccc1. The molecule has 3 heteroatoms. The third kappa shape index (κ3) is 5.35. The Hall–Kier alpha value is -1.61. The quantitative estimate of drug-likeness (QED) is 0.790. The molecule has 0 bridgehead atoms. The average Bonchev–Trinajstić information content (AvgIpc) is 2.49. The lowest BCUT2D eigenvalue weighted by molar-refractivity contribution is -0.121. The maximum absolute atomic E-state index is 12.0. The van der Waals surface area contributed by atoms with Gasteiger partial charge in [-0.2, -0.15) is 0 Å². The number of aliphatic hydroxyl groups excluding tert-OH is 1. The van der Waals surface area contributed by atoms with Gasteiger partial charge in [0, 0.05) is 12.8 Å². The molecule has 1 amide bonds. The number of hydrogen-bond acceptors (Lipinski definition) is 2. The number of carbonyl (C=O) groups is 1. The first-order valence-corrected chi connectivity index (χ1v) is 7.84. The number of hydrogen-bond donors (Lipinski definition) is 2. The zero-order chi connectivity index (χ0) is 15.1. The highest BCUT2D eigenvalue weighted by atomic mass is 16.3. The van der Waals surface area contributed by atoms with Gasteiger partial charge in [0.1, 0.15) is 0 Å². The Balaban J connectivity index is 1.78. The third-order valence-electron chi connectivity index (χ3n) is 4.03. The van der Waals surface area contributed by atoms with Crippen molar-refractivity contribution in [2.75, 3.05) is 0 Å². The van der Waals surface area contributed by atoms with Gasteiger partial charge in [0.15, 0.2) is 0 Å². The fourth-order valence-corrected chi connectivity index (χ4v) is 2.70. The maximum Gasteiger partial charge on any atom is 0.224 e. The fourth-order valence-electron chi connectivity index (χ4n) is 2.70. The van der Waals surface area contributed by atoms with Gasteiger partial charge in [-0.1, -0.05) is 42.0 Å². The first kappa shape index (κ1) is 15.8. The summed E-state index contributed by atoms with van der Waals surface area (Å²) in [6.45, 7) is 1.86. The van der Waals surface area contributed by atoms with E-state index >= 15 is 0 Å². The summed E-state index contributed by atoms with van der Waals surface area (Å²) in [5.74, 6) is 0.0164. The molecule has 1 aromatic rings. The van der Waals surface area contributed by atoms with Crippen LogP contribution in [0, 0.1) is 0 Å². The summed E-state index contributed by atoms with van der Waals surface area (Å²) in [5.41, 5.74) is 2.32. The number of allylic oxidation sites excluding steroid dienone is 1. The summed E-state index contributed by atoms with van der Waals surface area (Å²) in [7, 11) is 0. The van der Waals surface area contributed by atoms with Crippen LogP contribution in [0.4, 0.5) is 0 Å². The summed E-state index contributed by atoms with van der Waals surface area (Å²) >= 11 is 0. The highest BCUT2D eigenvalue weighted by Crippen LogP contribution is 2.20. The van der Waals surface area contributed by atoms with Crippen LogP contribution in [0.5, 0.6) is 0 Å². The van der Waals surface area contributed by atoms with E-state index in [1.54, 1.807) is 0 Å². The monoisotopic (exact) mass is 287 g/mol. The molecule has 1 aliphatic carbocycles. The van der Waals surface area contributed by atoms with E-state index in [1.807, 2.05) is 37.3 Å². The van der Waals surface area contributed by atoms with Gasteiger partial charge in [0.05, 0.1) is 12.1 Å². The van der Waals surface area contributed by atoms with Gasteiger partial charge in [0.2, 0.25) is 5.91 Å². The smallest absolute Gasteiger partial charge is 0.224 e. The Morgan fingerprint density at radius 1 is 1.29 bits per heavy atom. The predicted octanol–water partition coefficient (Wildman–Crippen LogP) is 2.99. The average molecular weight is 287 g/mol. The second kappa shape index (κ2) is 7.99. The second-order valence-electron chi connectivity index (χ2n) is 5.90. The van der Waals surface area contributed by atoms with Gasteiger partial charge < -0.3 is 10.4 Å². The molecule has 0 fully saturated rings. The third-order valence-corrected chi connectivity index (χ3v) is 4.03. The van der Waals surface area contributed by atoms with Crippen molar-refractivity contribution in [3.05, 3.63) is 47.5 Å². The topological polar surface area (TPSA) is 49.3 Å². The van der Waals surface area contributed by atoms with Crippen LogP contribution in [0.2, 0.25) is 0 Å². The molecule has 0 saturated carbocycles. The van der Waals surface area contributed by atoms with Gasteiger partial charge in [-0.05, 0) is 38.2 Å². The molecular weight excluding hydrogens is 262 g/mol. The van der Waals surface area contributed by atoms with E-state index in [0.717, 1.165) is 18.4 Å². The molecular formula is C18H25NO2. The van der Waals surface area contributed by atoms with Gasteiger partial charge in [-0.25, -0.2) is 0 Å². The van der Waals surface area contributed by atoms with Crippen molar-refractivity contribution in [3.63, 3.8) is 0 Å². The van der Waals surface area contributed by atoms with Crippen molar-refractivity contribution in [2.45, 2.75) is 57.6 Å². The minimum Gasteiger partial charge on any atom is -0.391 e. The summed E-state index contributed by atoms with van der Waals surface area (Å²) in [4.78, 5) is 12.0. The molecule has 2 rings (SSSR count). The molecule has 21 heavy (non-hydrogen) atoms. The first-order chi connectivity index (χ1) is 10.1. The molecule has 2 unspecified atom stereocenters. The second-order valence-corrected chi connectivity index (χ2v) is 5.90. The number of benzene rings is 1. The summed E-state index contributed by atoms with van der Waals surface area (Å²) in [5, 5.41) is 13.1. The Labute approximate surface area is 127 Å². The maximum atomic E-state index is 12.0. The van der Waals surface area contributed by atoms with E-state index in [0.29, 0.717) is 12.8 Å². The van der Waals surface area contributed by atoms with E-state index in [9.17, 15) is 9.90 Å². The number of amides is 1. The van der Waals surface area contributed by atoms with Crippen LogP contribution >= 0.6 is 0 Å². The normalized spacial score (nSPS) is 17.7. The number of nitrogens with one attached hydrogen (secondary N) is 1. The molecule has 0 aromatic heterocycles. The van der Waals surface area contributed by atoms with E-state index in [4.69, 9.17) is 0 Å². The van der Waals surface area contributed by atoms with Gasteiger partial charge in [-0.15, -0.1) is 0 Å². The van der Waals surface area contributed by atoms with Crippen LogP contribution in [-0.4, -0.2) is 23.2 Å². The molecule has 0 spiro atoms. The van der Waals surface area contributed by atoms with Crippen molar-refractivity contribution in [1.82, 2.24) is 5.32 Å². The summed E-state index contributed by atoms with van der Waals surface area (Å²) in [6.07, 6.45) is 7.21. The number of aliphatic hydroxyl groups is 1. The molecule has 3 nitrogen and oxygen atoms in total. The largest absolute Gasteiger partial charge is 0.391 e. The van der Waals surface area contributed by atoms with Crippen molar-refractivity contribution < 1.29 is 9.90 Å². The standard InChI is InChI=1S/C18H25NO2/c1-14(17(20)12-15-8-4-2-5-9-15)19-18(21)13-16-10-6-3-7-11-16/h2,4-5,8-10,14,17,20H,3,6-7,11-13H2,1H3,(H,19,21). The highest BCUT2D eigenvalue weighted by Gasteiger charge is 2.18. The molecule has 0 radical (unpaired) electrons. The lowest BCUT2D eigenvalue weighted by atomic mass is 9.96. The highest BCUT2D eigenvalue weighted by molar-refractivity contribution is 5.78. The van der Waals surface area contributed by atoms with Crippen LogP contribution < -0.4 is 5.32 Å². The van der Waals surface area contributed by atoms with E-state index < -0.39 is 6.10 Å². The zero-order valence-corrected chi connectivity index (χ0v) is 12.7. The summed E-state index contributed by atoms with van der Waals surface area (Å²) < 4.78 is 0. The van der Waals surface area contributed by atoms with E-state index in [2.05, 4.69) is 11.4 Å². The summed E-state index contributed by atoms with van der Waals surface area (Å²) in [6, 6.07) is 9.62. The molecule has 114 valence electrons. The molecule has 2 atom stereocenters. The molecule has 1 aromatic carbocycles. The van der Waals surface area contributed by atoms with Crippen molar-refractivity contribution in [2.24, 2.45) is 0 Å². The van der Waals surface area contributed by atoms with Crippen LogP contribution in [0.15, 0.2) is 42.0 Å². The Morgan fingerprint density at radius 2 is 2.05 bits per heavy atom. The van der Waals surface area contributed by atoms with Crippen molar-refractivity contribution >= 4 is 5.91 Å². The van der Waals surface area contributed by atoms with E-state index in [-0.39, 0.29) is 11.9 Å². The fraction of sp³-hybridized carbons (Fsp3) is 0.500. The van der Waals surface area contributed by atoms with Gasteiger partial charge in [0.25, 0.3) is 0 Å². The predicted molar refractivity (Wildman–Crippen MR) is 84.9 cm³/mol.